The first-order valence-electron chi connectivity index (χ1n) is 4.38. The third-order valence-corrected chi connectivity index (χ3v) is 1.59. The molecule has 0 spiro atoms. The van der Waals surface area contributed by atoms with Crippen LogP contribution in [0.25, 0.3) is 0 Å². The van der Waals surface area contributed by atoms with Gasteiger partial charge in [-0.2, -0.15) is 0 Å². The van der Waals surface area contributed by atoms with Gasteiger partial charge in [0.25, 0.3) is 0 Å². The van der Waals surface area contributed by atoms with Crippen molar-refractivity contribution < 1.29 is 9.57 Å². The van der Waals surface area contributed by atoms with Crippen LogP contribution < -0.4 is 10.2 Å². The lowest BCUT2D eigenvalue weighted by Crippen LogP contribution is -2.01. The maximum absolute atomic E-state index is 5.15. The van der Waals surface area contributed by atoms with Crippen LogP contribution in [0.5, 0.6) is 5.75 Å². The molecule has 0 aliphatic carbocycles. The van der Waals surface area contributed by atoms with Crippen LogP contribution in [-0.4, -0.2) is 13.7 Å². The maximum Gasteiger partial charge on any atom is 0.119 e. The first-order valence-corrected chi connectivity index (χ1v) is 4.38. The van der Waals surface area contributed by atoms with E-state index in [-0.39, 0.29) is 0 Å². The molecule has 0 saturated heterocycles. The Balaban J connectivity index is 2.40. The molecule has 3 heteroatoms. The molecular weight excluding hydrogens is 166 g/mol. The molecule has 0 heterocycles. The first kappa shape index (κ1) is 9.86. The second-order valence-corrected chi connectivity index (χ2v) is 2.68. The van der Waals surface area contributed by atoms with Crippen LogP contribution in [0.4, 0.5) is 5.69 Å². The summed E-state index contributed by atoms with van der Waals surface area (Å²) in [5.41, 5.74) is 3.78. The molecule has 0 fully saturated rings. The third-order valence-electron chi connectivity index (χ3n) is 1.59. The number of rotatable bonds is 5. The molecule has 1 N–H and O–H groups in total. The van der Waals surface area contributed by atoms with Crippen molar-refractivity contribution in [1.29, 1.82) is 0 Å². The van der Waals surface area contributed by atoms with Gasteiger partial charge >= 0.3 is 0 Å². The summed E-state index contributed by atoms with van der Waals surface area (Å²) >= 11 is 0. The number of hydrogen-bond donors (Lipinski definition) is 1. The molecule has 0 radical (unpaired) electrons. The number of ether oxygens (including phenoxy) is 1. The van der Waals surface area contributed by atoms with E-state index >= 15 is 0 Å². The molecule has 0 bridgehead atoms. The summed E-state index contributed by atoms with van der Waals surface area (Å²) in [7, 11) is 1.65. The SMILES string of the molecule is CCCONc1ccc(OC)cc1. The van der Waals surface area contributed by atoms with Crippen LogP contribution in [0.15, 0.2) is 24.3 Å². The van der Waals surface area contributed by atoms with E-state index in [1.165, 1.54) is 0 Å². The van der Waals surface area contributed by atoms with E-state index in [0.29, 0.717) is 6.61 Å². The fraction of sp³-hybridized carbons (Fsp3) is 0.400. The average Bonchev–Trinajstić information content (AvgIpc) is 2.19. The van der Waals surface area contributed by atoms with Gasteiger partial charge in [0, 0.05) is 0 Å². The average molecular weight is 181 g/mol. The predicted octanol–water partition coefficient (Wildman–Crippen LogP) is 2.45. The number of benzene rings is 1. The van der Waals surface area contributed by atoms with E-state index in [9.17, 15) is 0 Å². The van der Waals surface area contributed by atoms with Crippen LogP contribution in [0.3, 0.4) is 0 Å². The molecule has 0 aliphatic rings. The van der Waals surface area contributed by atoms with Crippen molar-refractivity contribution in [2.75, 3.05) is 19.2 Å². The van der Waals surface area contributed by atoms with Crippen molar-refractivity contribution in [3.63, 3.8) is 0 Å². The lowest BCUT2D eigenvalue weighted by molar-refractivity contribution is 0.194. The smallest absolute Gasteiger partial charge is 0.119 e. The normalized spacial score (nSPS) is 9.69. The van der Waals surface area contributed by atoms with E-state index < -0.39 is 0 Å². The molecule has 0 saturated carbocycles. The fourth-order valence-electron chi connectivity index (χ4n) is 0.895. The summed E-state index contributed by atoms with van der Waals surface area (Å²) in [5.74, 6) is 0.848. The highest BCUT2D eigenvalue weighted by Crippen LogP contribution is 2.14. The molecule has 0 aliphatic heterocycles. The van der Waals surface area contributed by atoms with Gasteiger partial charge in [0.1, 0.15) is 5.75 Å². The standard InChI is InChI=1S/C10H15NO2/c1-3-8-13-11-9-4-6-10(12-2)7-5-9/h4-7,11H,3,8H2,1-2H3. The monoisotopic (exact) mass is 181 g/mol. The van der Waals surface area contributed by atoms with Gasteiger partial charge in [0.2, 0.25) is 0 Å². The molecule has 72 valence electrons. The van der Waals surface area contributed by atoms with Gasteiger partial charge in [-0.05, 0) is 30.7 Å². The van der Waals surface area contributed by atoms with E-state index in [1.807, 2.05) is 24.3 Å². The minimum atomic E-state index is 0.714. The van der Waals surface area contributed by atoms with Crippen LogP contribution in [0.1, 0.15) is 13.3 Å². The summed E-state index contributed by atoms with van der Waals surface area (Å²) in [4.78, 5) is 5.15. The Hall–Kier alpha value is -1.22. The molecule has 1 aromatic rings. The van der Waals surface area contributed by atoms with Crippen molar-refractivity contribution in [2.45, 2.75) is 13.3 Å². The lowest BCUT2D eigenvalue weighted by atomic mass is 10.3. The summed E-state index contributed by atoms with van der Waals surface area (Å²) in [5, 5.41) is 0. The Labute approximate surface area is 78.6 Å². The second-order valence-electron chi connectivity index (χ2n) is 2.68. The Morgan fingerprint density at radius 1 is 1.23 bits per heavy atom. The third kappa shape index (κ3) is 3.34. The van der Waals surface area contributed by atoms with Crippen molar-refractivity contribution in [3.8, 4) is 5.75 Å². The molecule has 1 aromatic carbocycles. The molecule has 1 rings (SSSR count). The Bertz CT molecular complexity index is 233. The van der Waals surface area contributed by atoms with Crippen molar-refractivity contribution >= 4 is 5.69 Å². The lowest BCUT2D eigenvalue weighted by Gasteiger charge is -2.06. The van der Waals surface area contributed by atoms with Crippen molar-refractivity contribution in [2.24, 2.45) is 0 Å². The molecular formula is C10H15NO2. The van der Waals surface area contributed by atoms with Gasteiger partial charge in [0.15, 0.2) is 0 Å². The summed E-state index contributed by atoms with van der Waals surface area (Å²) in [6, 6.07) is 7.60. The highest BCUT2D eigenvalue weighted by Gasteiger charge is 1.92. The topological polar surface area (TPSA) is 30.5 Å². The number of anilines is 1. The highest BCUT2D eigenvalue weighted by molar-refractivity contribution is 5.44. The summed E-state index contributed by atoms with van der Waals surface area (Å²) < 4.78 is 5.03. The van der Waals surface area contributed by atoms with Crippen molar-refractivity contribution in [3.05, 3.63) is 24.3 Å². The van der Waals surface area contributed by atoms with E-state index in [2.05, 4.69) is 12.4 Å². The van der Waals surface area contributed by atoms with Crippen molar-refractivity contribution in [1.82, 2.24) is 0 Å². The molecule has 3 nitrogen and oxygen atoms in total. The molecule has 0 amide bonds. The molecule has 0 aromatic heterocycles. The van der Waals surface area contributed by atoms with Gasteiger partial charge in [-0.1, -0.05) is 6.92 Å². The highest BCUT2D eigenvalue weighted by atomic mass is 16.6. The largest absolute Gasteiger partial charge is 0.497 e. The summed E-state index contributed by atoms with van der Waals surface area (Å²) in [6.45, 7) is 2.78. The van der Waals surface area contributed by atoms with Crippen LogP contribution in [-0.2, 0) is 4.84 Å². The number of nitrogens with one attached hydrogen (secondary N) is 1. The second kappa shape index (κ2) is 5.43. The van der Waals surface area contributed by atoms with Gasteiger partial charge in [0.05, 0.1) is 19.4 Å². The first-order chi connectivity index (χ1) is 6.36. The number of methoxy groups -OCH3 is 1. The van der Waals surface area contributed by atoms with E-state index in [1.54, 1.807) is 7.11 Å². The minimum Gasteiger partial charge on any atom is -0.497 e. The Kier molecular flexibility index (Phi) is 4.12. The summed E-state index contributed by atoms with van der Waals surface area (Å²) in [6.07, 6.45) is 1.00. The molecule has 0 unspecified atom stereocenters. The maximum atomic E-state index is 5.15. The minimum absolute atomic E-state index is 0.714. The van der Waals surface area contributed by atoms with E-state index in [0.717, 1.165) is 17.9 Å². The van der Waals surface area contributed by atoms with E-state index in [4.69, 9.17) is 9.57 Å². The van der Waals surface area contributed by atoms with Gasteiger partial charge in [-0.15, -0.1) is 0 Å². The quantitative estimate of drug-likeness (QED) is 0.559. The van der Waals surface area contributed by atoms with Gasteiger partial charge < -0.3 is 4.74 Å². The van der Waals surface area contributed by atoms with Crippen LogP contribution in [0.2, 0.25) is 0 Å². The Morgan fingerprint density at radius 3 is 2.46 bits per heavy atom. The fourth-order valence-corrected chi connectivity index (χ4v) is 0.895. The molecule has 0 atom stereocenters. The zero-order valence-corrected chi connectivity index (χ0v) is 8.04. The number of hydrogen-bond acceptors (Lipinski definition) is 3. The van der Waals surface area contributed by atoms with Crippen LogP contribution >= 0.6 is 0 Å². The Morgan fingerprint density at radius 2 is 1.92 bits per heavy atom. The zero-order valence-electron chi connectivity index (χ0n) is 8.04. The van der Waals surface area contributed by atoms with Gasteiger partial charge in [-0.25, -0.2) is 0 Å². The molecule has 13 heavy (non-hydrogen) atoms. The zero-order chi connectivity index (χ0) is 9.52. The predicted molar refractivity (Wildman–Crippen MR) is 52.9 cm³/mol. The van der Waals surface area contributed by atoms with Crippen LogP contribution in [0, 0.1) is 0 Å². The van der Waals surface area contributed by atoms with Gasteiger partial charge in [-0.3, -0.25) is 10.3 Å².